The number of ether oxygens (including phenoxy) is 2. The number of rotatable bonds is 2. The van der Waals surface area contributed by atoms with Crippen LogP contribution in [0.1, 0.15) is 57.9 Å². The summed E-state index contributed by atoms with van der Waals surface area (Å²) in [4.78, 5) is 14.1. The van der Waals surface area contributed by atoms with E-state index in [-0.39, 0.29) is 6.09 Å². The second kappa shape index (κ2) is 6.30. The van der Waals surface area contributed by atoms with E-state index in [2.05, 4.69) is 12.1 Å². The highest BCUT2D eigenvalue weighted by Gasteiger charge is 2.47. The molecule has 4 heteroatoms. The van der Waals surface area contributed by atoms with E-state index in [1.165, 1.54) is 18.4 Å². The standard InChI is InChI=1S/C20H29NO3/c1-19(2,3)24-18(22)21-11-9-20(10-12-21)13-15(14-20)16-7-5-6-8-17(16)23-4/h5-8,15H,9-14H2,1-4H3. The Bertz CT molecular complexity index is 589. The summed E-state index contributed by atoms with van der Waals surface area (Å²) < 4.78 is 11.0. The first-order valence-electron chi connectivity index (χ1n) is 8.93. The van der Waals surface area contributed by atoms with E-state index >= 15 is 0 Å². The second-order valence-corrected chi connectivity index (χ2v) is 8.31. The number of hydrogen-bond acceptors (Lipinski definition) is 3. The Morgan fingerprint density at radius 1 is 1.17 bits per heavy atom. The van der Waals surface area contributed by atoms with Crippen LogP contribution in [0.4, 0.5) is 4.79 Å². The summed E-state index contributed by atoms with van der Waals surface area (Å²) in [6.45, 7) is 7.38. The molecule has 0 radical (unpaired) electrons. The quantitative estimate of drug-likeness (QED) is 0.795. The molecular weight excluding hydrogens is 302 g/mol. The molecular formula is C20H29NO3. The van der Waals surface area contributed by atoms with Crippen LogP contribution in [0.25, 0.3) is 0 Å². The van der Waals surface area contributed by atoms with E-state index in [0.29, 0.717) is 11.3 Å². The maximum Gasteiger partial charge on any atom is 0.410 e. The number of para-hydroxylation sites is 1. The van der Waals surface area contributed by atoms with Gasteiger partial charge >= 0.3 is 6.09 Å². The van der Waals surface area contributed by atoms with Crippen LogP contribution >= 0.6 is 0 Å². The third kappa shape index (κ3) is 3.52. The third-order valence-electron chi connectivity index (χ3n) is 5.41. The van der Waals surface area contributed by atoms with E-state index in [4.69, 9.17) is 9.47 Å². The molecule has 0 atom stereocenters. The molecule has 1 aromatic rings. The molecule has 1 spiro atoms. The number of carbonyl (C=O) groups excluding carboxylic acids is 1. The third-order valence-corrected chi connectivity index (χ3v) is 5.41. The van der Waals surface area contributed by atoms with Gasteiger partial charge in [0.25, 0.3) is 0 Å². The van der Waals surface area contributed by atoms with E-state index in [0.717, 1.165) is 31.7 Å². The lowest BCUT2D eigenvalue weighted by molar-refractivity contribution is -0.0123. The number of carbonyl (C=O) groups is 1. The Kier molecular flexibility index (Phi) is 4.50. The molecule has 0 aromatic heterocycles. The summed E-state index contributed by atoms with van der Waals surface area (Å²) >= 11 is 0. The fraction of sp³-hybridized carbons (Fsp3) is 0.650. The van der Waals surface area contributed by atoms with Crippen molar-refractivity contribution in [1.29, 1.82) is 0 Å². The number of hydrogen-bond donors (Lipinski definition) is 0. The summed E-state index contributed by atoms with van der Waals surface area (Å²) in [5.74, 6) is 1.60. The summed E-state index contributed by atoms with van der Waals surface area (Å²) in [7, 11) is 1.74. The predicted molar refractivity (Wildman–Crippen MR) is 94.4 cm³/mol. The minimum absolute atomic E-state index is 0.169. The molecule has 1 aromatic carbocycles. The SMILES string of the molecule is COc1ccccc1C1CC2(CCN(C(=O)OC(C)(C)C)CC2)C1. The molecule has 1 heterocycles. The van der Waals surface area contributed by atoms with Gasteiger partial charge < -0.3 is 14.4 Å². The van der Waals surface area contributed by atoms with Crippen molar-refractivity contribution in [2.75, 3.05) is 20.2 Å². The highest BCUT2D eigenvalue weighted by Crippen LogP contribution is 2.57. The van der Waals surface area contributed by atoms with Gasteiger partial charge in [0.15, 0.2) is 0 Å². The molecule has 1 saturated carbocycles. The molecule has 132 valence electrons. The molecule has 0 unspecified atom stereocenters. The number of nitrogens with zero attached hydrogens (tertiary/aromatic N) is 1. The largest absolute Gasteiger partial charge is 0.496 e. The van der Waals surface area contributed by atoms with Crippen molar-refractivity contribution in [2.45, 2.75) is 58.0 Å². The predicted octanol–water partition coefficient (Wildman–Crippen LogP) is 4.59. The van der Waals surface area contributed by atoms with Crippen molar-refractivity contribution >= 4 is 6.09 Å². The number of benzene rings is 1. The lowest BCUT2D eigenvalue weighted by atomic mass is 9.56. The van der Waals surface area contributed by atoms with Gasteiger partial charge in [0, 0.05) is 13.1 Å². The van der Waals surface area contributed by atoms with Gasteiger partial charge in [-0.3, -0.25) is 0 Å². The summed E-state index contributed by atoms with van der Waals surface area (Å²) in [6, 6.07) is 8.35. The monoisotopic (exact) mass is 331 g/mol. The van der Waals surface area contributed by atoms with Gasteiger partial charge in [-0.25, -0.2) is 4.79 Å². The van der Waals surface area contributed by atoms with Crippen molar-refractivity contribution < 1.29 is 14.3 Å². The zero-order valence-corrected chi connectivity index (χ0v) is 15.3. The molecule has 3 rings (SSSR count). The summed E-state index contributed by atoms with van der Waals surface area (Å²) in [6.07, 6.45) is 4.40. The first kappa shape index (κ1) is 17.1. The molecule has 1 aliphatic carbocycles. The smallest absolute Gasteiger partial charge is 0.410 e. The molecule has 4 nitrogen and oxygen atoms in total. The van der Waals surface area contributed by atoms with Crippen LogP contribution in [0.5, 0.6) is 5.75 Å². The maximum absolute atomic E-state index is 12.2. The van der Waals surface area contributed by atoms with E-state index in [1.54, 1.807) is 7.11 Å². The van der Waals surface area contributed by atoms with Crippen molar-refractivity contribution in [2.24, 2.45) is 5.41 Å². The van der Waals surface area contributed by atoms with E-state index < -0.39 is 5.60 Å². The van der Waals surface area contributed by atoms with Crippen molar-refractivity contribution in [3.8, 4) is 5.75 Å². The Labute approximate surface area is 145 Å². The molecule has 0 bridgehead atoms. The van der Waals surface area contributed by atoms with Gasteiger partial charge in [-0.1, -0.05) is 18.2 Å². The first-order chi connectivity index (χ1) is 11.3. The molecule has 1 amide bonds. The maximum atomic E-state index is 12.2. The lowest BCUT2D eigenvalue weighted by Crippen LogP contribution is -2.49. The number of likely N-dealkylation sites (tertiary alicyclic amines) is 1. The average Bonchev–Trinajstić information content (AvgIpc) is 2.51. The lowest BCUT2D eigenvalue weighted by Gasteiger charge is -2.52. The number of amides is 1. The molecule has 2 fully saturated rings. The fourth-order valence-corrected chi connectivity index (χ4v) is 4.11. The highest BCUT2D eigenvalue weighted by atomic mass is 16.6. The Balaban J connectivity index is 1.54. The van der Waals surface area contributed by atoms with Gasteiger partial charge in [-0.15, -0.1) is 0 Å². The molecule has 24 heavy (non-hydrogen) atoms. The van der Waals surface area contributed by atoms with Gasteiger partial charge in [0.05, 0.1) is 7.11 Å². The highest BCUT2D eigenvalue weighted by molar-refractivity contribution is 5.68. The van der Waals surface area contributed by atoms with Gasteiger partial charge in [-0.05, 0) is 69.4 Å². The molecule has 1 saturated heterocycles. The van der Waals surface area contributed by atoms with Gasteiger partial charge in [0.2, 0.25) is 0 Å². The van der Waals surface area contributed by atoms with Crippen molar-refractivity contribution in [3.05, 3.63) is 29.8 Å². The Morgan fingerprint density at radius 2 is 1.79 bits per heavy atom. The zero-order chi connectivity index (χ0) is 17.4. The van der Waals surface area contributed by atoms with Crippen molar-refractivity contribution in [3.63, 3.8) is 0 Å². The molecule has 0 N–H and O–H groups in total. The average molecular weight is 331 g/mol. The van der Waals surface area contributed by atoms with Crippen LogP contribution < -0.4 is 4.74 Å². The van der Waals surface area contributed by atoms with E-state index in [9.17, 15) is 4.79 Å². The Hall–Kier alpha value is -1.71. The van der Waals surface area contributed by atoms with Gasteiger partial charge in [-0.2, -0.15) is 0 Å². The van der Waals surface area contributed by atoms with E-state index in [1.807, 2.05) is 37.8 Å². The van der Waals surface area contributed by atoms with Crippen LogP contribution in [-0.2, 0) is 4.74 Å². The minimum Gasteiger partial charge on any atom is -0.496 e. The summed E-state index contributed by atoms with van der Waals surface area (Å²) in [5, 5.41) is 0. The van der Waals surface area contributed by atoms with Gasteiger partial charge in [0.1, 0.15) is 11.4 Å². The van der Waals surface area contributed by atoms with Crippen LogP contribution in [0.3, 0.4) is 0 Å². The normalized spacial score (nSPS) is 20.6. The second-order valence-electron chi connectivity index (χ2n) is 8.31. The molecule has 1 aliphatic heterocycles. The number of methoxy groups -OCH3 is 1. The zero-order valence-electron chi connectivity index (χ0n) is 15.3. The van der Waals surface area contributed by atoms with Crippen molar-refractivity contribution in [1.82, 2.24) is 4.90 Å². The Morgan fingerprint density at radius 3 is 2.38 bits per heavy atom. The van der Waals surface area contributed by atoms with Crippen LogP contribution in [0.2, 0.25) is 0 Å². The van der Waals surface area contributed by atoms with Crippen LogP contribution in [0.15, 0.2) is 24.3 Å². The fourth-order valence-electron chi connectivity index (χ4n) is 4.11. The first-order valence-corrected chi connectivity index (χ1v) is 8.93. The summed E-state index contributed by atoms with van der Waals surface area (Å²) in [5.41, 5.74) is 1.32. The van der Waals surface area contributed by atoms with Crippen LogP contribution in [-0.4, -0.2) is 36.8 Å². The number of piperidine rings is 1. The minimum atomic E-state index is -0.419. The van der Waals surface area contributed by atoms with Crippen LogP contribution in [0, 0.1) is 5.41 Å². The topological polar surface area (TPSA) is 38.8 Å². The molecule has 2 aliphatic rings.